The van der Waals surface area contributed by atoms with E-state index in [1.54, 1.807) is 6.26 Å². The van der Waals surface area contributed by atoms with Crippen LogP contribution in [0.15, 0.2) is 27.6 Å². The number of hydrogen-bond acceptors (Lipinski definition) is 5. The standard InChI is InChI=1S/C11H15NO3S/c1-4-9(10(13)14-3)5-6-16-11-12-8(2)7-15-11/h5,7H,4,6H2,1-3H3. The molecule has 0 aliphatic carbocycles. The van der Waals surface area contributed by atoms with Gasteiger partial charge >= 0.3 is 5.97 Å². The van der Waals surface area contributed by atoms with Crippen molar-refractivity contribution in [3.63, 3.8) is 0 Å². The van der Waals surface area contributed by atoms with Gasteiger partial charge in [-0.1, -0.05) is 24.8 Å². The third-order valence-corrected chi connectivity index (χ3v) is 2.73. The normalized spacial score (nSPS) is 11.6. The van der Waals surface area contributed by atoms with E-state index >= 15 is 0 Å². The van der Waals surface area contributed by atoms with Gasteiger partial charge in [0.25, 0.3) is 5.22 Å². The minimum Gasteiger partial charge on any atom is -0.466 e. The van der Waals surface area contributed by atoms with Gasteiger partial charge in [-0.25, -0.2) is 9.78 Å². The molecule has 0 atom stereocenters. The Bertz CT molecular complexity index is 384. The van der Waals surface area contributed by atoms with Crippen LogP contribution in [0.3, 0.4) is 0 Å². The third-order valence-electron chi connectivity index (χ3n) is 1.96. The maximum absolute atomic E-state index is 11.3. The zero-order chi connectivity index (χ0) is 12.0. The highest BCUT2D eigenvalue weighted by Gasteiger charge is 2.06. The van der Waals surface area contributed by atoms with E-state index in [0.29, 0.717) is 23.0 Å². The van der Waals surface area contributed by atoms with E-state index in [1.165, 1.54) is 18.9 Å². The first-order chi connectivity index (χ1) is 7.67. The molecule has 0 fully saturated rings. The molecule has 0 bridgehead atoms. The van der Waals surface area contributed by atoms with Gasteiger partial charge in [-0.2, -0.15) is 0 Å². The largest absolute Gasteiger partial charge is 0.466 e. The summed E-state index contributed by atoms with van der Waals surface area (Å²) in [5, 5.41) is 0.620. The second-order valence-corrected chi connectivity index (χ2v) is 4.11. The molecule has 1 aromatic heterocycles. The van der Waals surface area contributed by atoms with Gasteiger partial charge in [0.2, 0.25) is 0 Å². The quantitative estimate of drug-likeness (QED) is 0.450. The van der Waals surface area contributed by atoms with E-state index in [0.717, 1.165) is 5.69 Å². The predicted molar refractivity (Wildman–Crippen MR) is 62.4 cm³/mol. The van der Waals surface area contributed by atoms with Crippen molar-refractivity contribution >= 4 is 17.7 Å². The van der Waals surface area contributed by atoms with Crippen molar-refractivity contribution in [3.8, 4) is 0 Å². The minimum atomic E-state index is -0.272. The van der Waals surface area contributed by atoms with Crippen LogP contribution in [0.4, 0.5) is 0 Å². The van der Waals surface area contributed by atoms with Gasteiger partial charge in [0.1, 0.15) is 6.26 Å². The Kier molecular flexibility index (Phi) is 5.11. The molecular weight excluding hydrogens is 226 g/mol. The predicted octanol–water partition coefficient (Wildman–Crippen LogP) is 2.58. The Labute approximate surface area is 99.1 Å². The van der Waals surface area contributed by atoms with Crippen LogP contribution in [0.1, 0.15) is 19.0 Å². The van der Waals surface area contributed by atoms with Crippen LogP contribution in [0.2, 0.25) is 0 Å². The molecule has 1 heterocycles. The van der Waals surface area contributed by atoms with Crippen LogP contribution in [0, 0.1) is 6.92 Å². The fourth-order valence-corrected chi connectivity index (χ4v) is 1.87. The summed E-state index contributed by atoms with van der Waals surface area (Å²) in [6, 6.07) is 0. The van der Waals surface area contributed by atoms with Gasteiger partial charge in [-0.15, -0.1) is 0 Å². The average Bonchev–Trinajstić information content (AvgIpc) is 2.69. The second kappa shape index (κ2) is 6.37. The van der Waals surface area contributed by atoms with Crippen molar-refractivity contribution in [2.24, 2.45) is 0 Å². The molecule has 1 aromatic rings. The van der Waals surface area contributed by atoms with Crippen molar-refractivity contribution in [1.82, 2.24) is 4.98 Å². The van der Waals surface area contributed by atoms with Crippen LogP contribution in [0.5, 0.6) is 0 Å². The molecule has 0 saturated heterocycles. The summed E-state index contributed by atoms with van der Waals surface area (Å²) in [7, 11) is 1.39. The lowest BCUT2D eigenvalue weighted by atomic mass is 10.2. The SMILES string of the molecule is CCC(=CCSc1nc(C)co1)C(=O)OC. The Morgan fingerprint density at radius 3 is 2.94 bits per heavy atom. The molecule has 88 valence electrons. The number of ether oxygens (including phenoxy) is 1. The Balaban J connectivity index is 2.49. The highest BCUT2D eigenvalue weighted by Crippen LogP contribution is 2.17. The first-order valence-corrected chi connectivity index (χ1v) is 5.98. The number of aryl methyl sites for hydroxylation is 1. The lowest BCUT2D eigenvalue weighted by Crippen LogP contribution is -2.04. The van der Waals surface area contributed by atoms with Crippen LogP contribution < -0.4 is 0 Å². The van der Waals surface area contributed by atoms with E-state index in [1.807, 2.05) is 19.9 Å². The first-order valence-electron chi connectivity index (χ1n) is 4.99. The molecule has 0 aliphatic heterocycles. The molecule has 0 spiro atoms. The molecule has 1 rings (SSSR count). The van der Waals surface area contributed by atoms with Crippen molar-refractivity contribution in [3.05, 3.63) is 23.6 Å². The number of carbonyl (C=O) groups is 1. The minimum absolute atomic E-state index is 0.272. The van der Waals surface area contributed by atoms with Crippen molar-refractivity contribution in [1.29, 1.82) is 0 Å². The number of thioether (sulfide) groups is 1. The highest BCUT2D eigenvalue weighted by atomic mass is 32.2. The number of esters is 1. The van der Waals surface area contributed by atoms with Crippen LogP contribution in [-0.2, 0) is 9.53 Å². The molecule has 0 saturated carbocycles. The maximum atomic E-state index is 11.3. The van der Waals surface area contributed by atoms with E-state index in [9.17, 15) is 4.79 Å². The number of hydrogen-bond donors (Lipinski definition) is 0. The molecule has 5 heteroatoms. The van der Waals surface area contributed by atoms with Gasteiger partial charge in [0.05, 0.1) is 12.8 Å². The lowest BCUT2D eigenvalue weighted by Gasteiger charge is -2.00. The van der Waals surface area contributed by atoms with Crippen molar-refractivity contribution < 1.29 is 13.9 Å². The first kappa shape index (κ1) is 12.8. The highest BCUT2D eigenvalue weighted by molar-refractivity contribution is 7.99. The monoisotopic (exact) mass is 241 g/mol. The molecule has 0 aromatic carbocycles. The lowest BCUT2D eigenvalue weighted by molar-refractivity contribution is -0.136. The molecule has 16 heavy (non-hydrogen) atoms. The fraction of sp³-hybridized carbons (Fsp3) is 0.455. The van der Waals surface area contributed by atoms with Gasteiger partial charge < -0.3 is 9.15 Å². The summed E-state index contributed by atoms with van der Waals surface area (Å²) in [6.07, 6.45) is 4.11. The Morgan fingerprint density at radius 2 is 2.44 bits per heavy atom. The molecular formula is C11H15NO3S. The fourth-order valence-electron chi connectivity index (χ4n) is 1.12. The molecule has 0 unspecified atom stereocenters. The summed E-state index contributed by atoms with van der Waals surface area (Å²) in [4.78, 5) is 15.4. The smallest absolute Gasteiger partial charge is 0.333 e. The summed E-state index contributed by atoms with van der Waals surface area (Å²) in [5.41, 5.74) is 1.54. The number of rotatable bonds is 5. The summed E-state index contributed by atoms with van der Waals surface area (Å²) >= 11 is 1.45. The zero-order valence-electron chi connectivity index (χ0n) is 9.65. The van der Waals surface area contributed by atoms with Gasteiger partial charge in [-0.3, -0.25) is 0 Å². The number of oxazole rings is 1. The number of nitrogens with zero attached hydrogens (tertiary/aromatic N) is 1. The average molecular weight is 241 g/mol. The zero-order valence-corrected chi connectivity index (χ0v) is 10.5. The van der Waals surface area contributed by atoms with Crippen molar-refractivity contribution in [2.75, 3.05) is 12.9 Å². The molecule has 0 N–H and O–H groups in total. The summed E-state index contributed by atoms with van der Waals surface area (Å²) in [5.74, 6) is 0.379. The Morgan fingerprint density at radius 1 is 1.69 bits per heavy atom. The van der Waals surface area contributed by atoms with E-state index in [-0.39, 0.29) is 5.97 Å². The molecule has 0 amide bonds. The number of carbonyl (C=O) groups excluding carboxylic acids is 1. The maximum Gasteiger partial charge on any atom is 0.333 e. The van der Waals surface area contributed by atoms with E-state index in [2.05, 4.69) is 9.72 Å². The van der Waals surface area contributed by atoms with Gasteiger partial charge in [0.15, 0.2) is 0 Å². The number of methoxy groups -OCH3 is 1. The third kappa shape index (κ3) is 3.73. The summed E-state index contributed by atoms with van der Waals surface area (Å²) in [6.45, 7) is 3.79. The van der Waals surface area contributed by atoms with Crippen LogP contribution >= 0.6 is 11.8 Å². The topological polar surface area (TPSA) is 52.3 Å². The van der Waals surface area contributed by atoms with Crippen molar-refractivity contribution in [2.45, 2.75) is 25.5 Å². The second-order valence-electron chi connectivity index (χ2n) is 3.14. The van der Waals surface area contributed by atoms with Gasteiger partial charge in [-0.05, 0) is 13.3 Å². The molecule has 0 radical (unpaired) electrons. The Hall–Kier alpha value is -1.23. The van der Waals surface area contributed by atoms with E-state index < -0.39 is 0 Å². The van der Waals surface area contributed by atoms with Gasteiger partial charge in [0, 0.05) is 11.3 Å². The van der Waals surface area contributed by atoms with E-state index in [4.69, 9.17) is 4.42 Å². The van der Waals surface area contributed by atoms with Crippen LogP contribution in [0.25, 0.3) is 0 Å². The summed E-state index contributed by atoms with van der Waals surface area (Å²) < 4.78 is 9.83. The molecule has 0 aliphatic rings. The molecule has 4 nitrogen and oxygen atoms in total. The van der Waals surface area contributed by atoms with Crippen LogP contribution in [-0.4, -0.2) is 23.8 Å². The number of aromatic nitrogens is 1.